The molecule has 0 unspecified atom stereocenters. The highest BCUT2D eigenvalue weighted by atomic mass is 35.5. The zero-order chi connectivity index (χ0) is 17.0. The summed E-state index contributed by atoms with van der Waals surface area (Å²) in [5.41, 5.74) is 1.89. The molecule has 1 aromatic carbocycles. The van der Waals surface area contributed by atoms with Crippen molar-refractivity contribution >= 4 is 29.2 Å². The fourth-order valence-corrected chi connectivity index (χ4v) is 2.76. The minimum atomic E-state index is -0.985. The van der Waals surface area contributed by atoms with Crippen LogP contribution in [-0.2, 0) is 6.42 Å². The Morgan fingerprint density at radius 2 is 2.09 bits per heavy atom. The molecule has 4 nitrogen and oxygen atoms in total. The molecule has 2 rings (SSSR count). The number of halogens is 2. The molecule has 23 heavy (non-hydrogen) atoms. The molecule has 0 saturated carbocycles. The maximum absolute atomic E-state index is 11.6. The number of carboxylic acids is 1. The van der Waals surface area contributed by atoms with E-state index in [9.17, 15) is 9.90 Å². The van der Waals surface area contributed by atoms with E-state index < -0.39 is 5.97 Å². The van der Waals surface area contributed by atoms with Crippen molar-refractivity contribution in [2.75, 3.05) is 0 Å². The Balaban J connectivity index is 2.47. The highest BCUT2D eigenvalue weighted by Gasteiger charge is 2.21. The number of nitrogens with zero attached hydrogens (tertiary/aromatic N) is 2. The Kier molecular flexibility index (Phi) is 5.85. The normalized spacial score (nSPS) is 11.3. The van der Waals surface area contributed by atoms with E-state index in [2.05, 4.69) is 18.1 Å². The Morgan fingerprint density at radius 3 is 2.74 bits per heavy atom. The molecular formula is C17H18Cl2N2O2. The van der Waals surface area contributed by atoms with E-state index in [4.69, 9.17) is 23.2 Å². The average molecular weight is 353 g/mol. The van der Waals surface area contributed by atoms with Gasteiger partial charge in [-0.15, -0.1) is 0 Å². The summed E-state index contributed by atoms with van der Waals surface area (Å²) in [6.07, 6.45) is 6.35. The summed E-state index contributed by atoms with van der Waals surface area (Å²) in [4.78, 5) is 11.6. The summed E-state index contributed by atoms with van der Waals surface area (Å²) >= 11 is 12.2. The van der Waals surface area contributed by atoms with Gasteiger partial charge in [-0.05, 0) is 44.4 Å². The van der Waals surface area contributed by atoms with Crippen molar-refractivity contribution in [3.8, 4) is 5.69 Å². The number of hydrogen-bond acceptors (Lipinski definition) is 2. The highest BCUT2D eigenvalue weighted by molar-refractivity contribution is 6.34. The fourth-order valence-electron chi connectivity index (χ4n) is 2.40. The Bertz CT molecular complexity index is 751. The third-order valence-electron chi connectivity index (χ3n) is 3.49. The zero-order valence-corrected chi connectivity index (χ0v) is 14.5. The lowest BCUT2D eigenvalue weighted by Gasteiger charge is -2.07. The van der Waals surface area contributed by atoms with E-state index in [1.165, 1.54) is 0 Å². The summed E-state index contributed by atoms with van der Waals surface area (Å²) in [7, 11) is 0. The van der Waals surface area contributed by atoms with Crippen LogP contribution in [0.15, 0.2) is 30.4 Å². The number of aryl methyl sites for hydroxylation is 1. The second-order valence-electron chi connectivity index (χ2n) is 5.14. The van der Waals surface area contributed by atoms with E-state index in [1.807, 2.05) is 6.08 Å². The van der Waals surface area contributed by atoms with E-state index in [1.54, 1.807) is 29.8 Å². The van der Waals surface area contributed by atoms with Crippen LogP contribution >= 0.6 is 23.2 Å². The molecule has 1 aromatic heterocycles. The molecule has 6 heteroatoms. The monoisotopic (exact) mass is 352 g/mol. The topological polar surface area (TPSA) is 55.1 Å². The standard InChI is InChI=1S/C17H18Cl2N2O2/c1-3-4-5-6-7-14-16(17(22)23)11(2)21(20-14)15-10-12(18)8-9-13(15)19/h4-5,8-10H,3,6-7H2,1-2H3,(H,22,23). The van der Waals surface area contributed by atoms with Gasteiger partial charge in [0.1, 0.15) is 5.56 Å². The number of aromatic nitrogens is 2. The van der Waals surface area contributed by atoms with E-state index in [0.717, 1.165) is 12.8 Å². The summed E-state index contributed by atoms with van der Waals surface area (Å²) in [6.45, 7) is 3.78. The number of benzene rings is 1. The molecule has 1 heterocycles. The second kappa shape index (κ2) is 7.66. The minimum Gasteiger partial charge on any atom is -0.478 e. The van der Waals surface area contributed by atoms with Gasteiger partial charge >= 0.3 is 5.97 Å². The molecule has 0 bridgehead atoms. The third-order valence-corrected chi connectivity index (χ3v) is 4.04. The van der Waals surface area contributed by atoms with Gasteiger partial charge in [-0.3, -0.25) is 0 Å². The van der Waals surface area contributed by atoms with Crippen LogP contribution in [0.1, 0.15) is 41.5 Å². The van der Waals surface area contributed by atoms with Gasteiger partial charge < -0.3 is 5.11 Å². The van der Waals surface area contributed by atoms with Gasteiger partial charge in [0.25, 0.3) is 0 Å². The predicted octanol–water partition coefficient (Wildman–Crippen LogP) is 5.08. The summed E-state index contributed by atoms with van der Waals surface area (Å²) in [5.74, 6) is -0.985. The van der Waals surface area contributed by atoms with Crippen molar-refractivity contribution in [1.82, 2.24) is 9.78 Å². The van der Waals surface area contributed by atoms with Crippen LogP contribution < -0.4 is 0 Å². The SMILES string of the molecule is CCC=CCCc1nn(-c2cc(Cl)ccc2Cl)c(C)c1C(=O)O. The Labute approximate surface area is 145 Å². The van der Waals surface area contributed by atoms with Crippen molar-refractivity contribution in [2.24, 2.45) is 0 Å². The van der Waals surface area contributed by atoms with Gasteiger partial charge in [0, 0.05) is 5.02 Å². The quantitative estimate of drug-likeness (QED) is 0.737. The smallest absolute Gasteiger partial charge is 0.339 e. The lowest BCUT2D eigenvalue weighted by Crippen LogP contribution is -2.03. The van der Waals surface area contributed by atoms with Crippen LogP contribution in [-0.4, -0.2) is 20.9 Å². The van der Waals surface area contributed by atoms with Crippen molar-refractivity contribution in [2.45, 2.75) is 33.1 Å². The summed E-state index contributed by atoms with van der Waals surface area (Å²) in [6, 6.07) is 5.03. The van der Waals surface area contributed by atoms with Crippen LogP contribution in [0, 0.1) is 6.92 Å². The van der Waals surface area contributed by atoms with E-state index in [0.29, 0.717) is 33.5 Å². The van der Waals surface area contributed by atoms with Crippen LogP contribution in [0.25, 0.3) is 5.69 Å². The molecule has 0 atom stereocenters. The molecule has 0 aliphatic carbocycles. The van der Waals surface area contributed by atoms with Crippen LogP contribution in [0.5, 0.6) is 0 Å². The van der Waals surface area contributed by atoms with Gasteiger partial charge in [0.05, 0.1) is 22.1 Å². The number of carbonyl (C=O) groups is 1. The lowest BCUT2D eigenvalue weighted by molar-refractivity contribution is 0.0695. The molecule has 0 aliphatic heterocycles. The first kappa shape index (κ1) is 17.6. The molecule has 1 N–H and O–H groups in total. The van der Waals surface area contributed by atoms with Gasteiger partial charge in [0.2, 0.25) is 0 Å². The first-order valence-electron chi connectivity index (χ1n) is 7.38. The van der Waals surface area contributed by atoms with Crippen LogP contribution in [0.4, 0.5) is 0 Å². The fraction of sp³-hybridized carbons (Fsp3) is 0.294. The van der Waals surface area contributed by atoms with Gasteiger partial charge in [-0.2, -0.15) is 5.10 Å². The van der Waals surface area contributed by atoms with Gasteiger partial charge in [-0.25, -0.2) is 9.48 Å². The van der Waals surface area contributed by atoms with Gasteiger partial charge in [-0.1, -0.05) is 42.3 Å². The summed E-state index contributed by atoms with van der Waals surface area (Å²) in [5, 5.41) is 14.9. The average Bonchev–Trinajstić information content (AvgIpc) is 2.83. The summed E-state index contributed by atoms with van der Waals surface area (Å²) < 4.78 is 1.55. The molecule has 0 aliphatic rings. The largest absolute Gasteiger partial charge is 0.478 e. The zero-order valence-electron chi connectivity index (χ0n) is 13.0. The van der Waals surface area contributed by atoms with E-state index in [-0.39, 0.29) is 5.56 Å². The van der Waals surface area contributed by atoms with Crippen molar-refractivity contribution in [1.29, 1.82) is 0 Å². The predicted molar refractivity (Wildman–Crippen MR) is 93.0 cm³/mol. The maximum Gasteiger partial charge on any atom is 0.339 e. The minimum absolute atomic E-state index is 0.228. The number of allylic oxidation sites excluding steroid dienone is 2. The van der Waals surface area contributed by atoms with Crippen LogP contribution in [0.3, 0.4) is 0 Å². The van der Waals surface area contributed by atoms with Crippen molar-refractivity contribution < 1.29 is 9.90 Å². The van der Waals surface area contributed by atoms with Crippen LogP contribution in [0.2, 0.25) is 10.0 Å². The van der Waals surface area contributed by atoms with Crippen molar-refractivity contribution in [3.63, 3.8) is 0 Å². The number of hydrogen-bond donors (Lipinski definition) is 1. The highest BCUT2D eigenvalue weighted by Crippen LogP contribution is 2.27. The Morgan fingerprint density at radius 1 is 1.35 bits per heavy atom. The molecule has 0 spiro atoms. The number of aromatic carboxylic acids is 1. The van der Waals surface area contributed by atoms with Crippen molar-refractivity contribution in [3.05, 3.63) is 57.3 Å². The van der Waals surface area contributed by atoms with Gasteiger partial charge in [0.15, 0.2) is 0 Å². The number of carboxylic acid groups (broad SMARTS) is 1. The molecule has 0 saturated heterocycles. The molecule has 122 valence electrons. The molecular weight excluding hydrogens is 335 g/mol. The molecule has 2 aromatic rings. The third kappa shape index (κ3) is 3.95. The number of rotatable bonds is 6. The second-order valence-corrected chi connectivity index (χ2v) is 5.98. The molecule has 0 amide bonds. The maximum atomic E-state index is 11.6. The first-order chi connectivity index (χ1) is 11.0. The molecule has 0 fully saturated rings. The van der Waals surface area contributed by atoms with E-state index >= 15 is 0 Å². The molecule has 0 radical (unpaired) electrons. The first-order valence-corrected chi connectivity index (χ1v) is 8.13. The Hall–Kier alpha value is -1.78. The lowest BCUT2D eigenvalue weighted by atomic mass is 10.1.